The Morgan fingerprint density at radius 1 is 1.30 bits per heavy atom. The van der Waals surface area contributed by atoms with Crippen LogP contribution >= 0.6 is 0 Å². The van der Waals surface area contributed by atoms with Gasteiger partial charge in [0.25, 0.3) is 5.69 Å². The van der Waals surface area contributed by atoms with Gasteiger partial charge in [0.05, 0.1) is 10.6 Å². The number of carbonyl (C=O) groups is 1. The summed E-state index contributed by atoms with van der Waals surface area (Å²) in [5.74, 6) is -0.176. The molecule has 0 saturated heterocycles. The third-order valence-corrected chi connectivity index (χ3v) is 3.28. The molecule has 8 nitrogen and oxygen atoms in total. The fraction of sp³-hybridized carbons (Fsp3) is 0.250. The van der Waals surface area contributed by atoms with Crippen molar-refractivity contribution in [2.45, 2.75) is 13.1 Å². The second-order valence-corrected chi connectivity index (χ2v) is 4.58. The van der Waals surface area contributed by atoms with E-state index >= 15 is 0 Å². The highest BCUT2D eigenvalue weighted by atomic mass is 16.6. The number of hydrogen-bond donors (Lipinski definition) is 2. The van der Waals surface area contributed by atoms with Gasteiger partial charge in [-0.05, 0) is 19.1 Å². The molecule has 0 aliphatic carbocycles. The number of fused-ring (bicyclic) bond motifs is 1. The smallest absolute Gasteiger partial charge is 0.269 e. The summed E-state index contributed by atoms with van der Waals surface area (Å²) in [6, 6.07) is 5.86. The zero-order valence-corrected chi connectivity index (χ0v) is 10.5. The van der Waals surface area contributed by atoms with Gasteiger partial charge in [0.15, 0.2) is 6.17 Å². The summed E-state index contributed by atoms with van der Waals surface area (Å²) in [5, 5.41) is 17.3. The lowest BCUT2D eigenvalue weighted by atomic mass is 9.99. The molecule has 2 N–H and O–H groups in total. The number of amidine groups is 1. The van der Waals surface area contributed by atoms with Crippen LogP contribution in [0.5, 0.6) is 0 Å². The number of carbonyl (C=O) groups excluding carboxylic acids is 1. The lowest BCUT2D eigenvalue weighted by Crippen LogP contribution is -2.49. The van der Waals surface area contributed by atoms with Crippen LogP contribution in [0.15, 0.2) is 34.4 Å². The van der Waals surface area contributed by atoms with Gasteiger partial charge in [-0.15, -0.1) is 0 Å². The maximum absolute atomic E-state index is 12.0. The fourth-order valence-corrected chi connectivity index (χ4v) is 2.23. The van der Waals surface area contributed by atoms with Crippen LogP contribution in [0.2, 0.25) is 0 Å². The van der Waals surface area contributed by atoms with Crippen LogP contribution in [0, 0.1) is 16.0 Å². The van der Waals surface area contributed by atoms with Crippen molar-refractivity contribution in [2.75, 3.05) is 0 Å². The fourth-order valence-electron chi connectivity index (χ4n) is 2.23. The lowest BCUT2D eigenvalue weighted by Gasteiger charge is -2.23. The molecule has 102 valence electrons. The minimum atomic E-state index is -0.475. The van der Waals surface area contributed by atoms with Crippen LogP contribution in [0.4, 0.5) is 5.69 Å². The van der Waals surface area contributed by atoms with Crippen LogP contribution in [0.25, 0.3) is 0 Å². The van der Waals surface area contributed by atoms with E-state index in [0.29, 0.717) is 17.1 Å². The molecule has 0 radical (unpaired) electrons. The molecule has 2 heterocycles. The molecule has 1 aromatic carbocycles. The normalized spacial score (nSPS) is 24.1. The quantitative estimate of drug-likeness (QED) is 0.600. The molecule has 2 aliphatic rings. The molecule has 1 aromatic rings. The van der Waals surface area contributed by atoms with Gasteiger partial charge in [0, 0.05) is 17.7 Å². The van der Waals surface area contributed by atoms with Crippen molar-refractivity contribution in [3.05, 3.63) is 39.9 Å². The largest absolute Gasteiger partial charge is 0.310 e. The van der Waals surface area contributed by atoms with Crippen molar-refractivity contribution in [1.29, 1.82) is 0 Å². The third kappa shape index (κ3) is 1.91. The predicted molar refractivity (Wildman–Crippen MR) is 71.3 cm³/mol. The molecule has 0 spiro atoms. The van der Waals surface area contributed by atoms with Crippen molar-refractivity contribution in [3.63, 3.8) is 0 Å². The molecular formula is C12H11N5O3. The number of hydrazone groups is 1. The lowest BCUT2D eigenvalue weighted by molar-refractivity contribution is -0.384. The van der Waals surface area contributed by atoms with E-state index in [1.807, 2.05) is 0 Å². The number of aliphatic imine (C=N–C) groups is 1. The second kappa shape index (κ2) is 4.41. The van der Waals surface area contributed by atoms with E-state index in [1.54, 1.807) is 19.1 Å². The Balaban J connectivity index is 1.90. The number of nitrogens with zero attached hydrogens (tertiary/aromatic N) is 3. The minimum absolute atomic E-state index is 0.00692. The van der Waals surface area contributed by atoms with Gasteiger partial charge in [0.2, 0.25) is 5.91 Å². The van der Waals surface area contributed by atoms with Crippen LogP contribution in [0.1, 0.15) is 12.5 Å². The molecule has 3 rings (SSSR count). The Bertz CT molecular complexity index is 650. The van der Waals surface area contributed by atoms with E-state index < -0.39 is 17.0 Å². The van der Waals surface area contributed by atoms with E-state index in [9.17, 15) is 14.9 Å². The molecule has 0 aromatic heterocycles. The first-order valence-electron chi connectivity index (χ1n) is 5.99. The standard InChI is InChI=1S/C12H11N5O3/c1-6-9-11(16-15-6)13-10(14-12(9)18)7-2-4-8(5-3-7)17(19)20/h2-5,9,11,16H,1H3,(H,13,14,18). The number of benzene rings is 1. The van der Waals surface area contributed by atoms with Crippen LogP contribution < -0.4 is 10.7 Å². The van der Waals surface area contributed by atoms with Crippen molar-refractivity contribution in [3.8, 4) is 0 Å². The van der Waals surface area contributed by atoms with Crippen molar-refractivity contribution < 1.29 is 9.72 Å². The van der Waals surface area contributed by atoms with E-state index in [0.717, 1.165) is 0 Å². The average Bonchev–Trinajstić information content (AvgIpc) is 2.81. The van der Waals surface area contributed by atoms with E-state index in [2.05, 4.69) is 20.8 Å². The molecular weight excluding hydrogens is 262 g/mol. The number of nitro benzene ring substituents is 1. The first-order valence-corrected chi connectivity index (χ1v) is 5.99. The zero-order chi connectivity index (χ0) is 14.3. The molecule has 2 unspecified atom stereocenters. The van der Waals surface area contributed by atoms with Gasteiger partial charge in [-0.25, -0.2) is 4.99 Å². The summed E-state index contributed by atoms with van der Waals surface area (Å²) >= 11 is 0. The maximum atomic E-state index is 12.0. The number of hydrogen-bond acceptors (Lipinski definition) is 6. The van der Waals surface area contributed by atoms with Gasteiger partial charge in [-0.1, -0.05) is 0 Å². The van der Waals surface area contributed by atoms with E-state index in [1.165, 1.54) is 12.1 Å². The molecule has 0 saturated carbocycles. The number of nitrogens with one attached hydrogen (secondary N) is 2. The highest BCUT2D eigenvalue weighted by Crippen LogP contribution is 2.20. The number of amides is 1. The summed E-state index contributed by atoms with van der Waals surface area (Å²) in [4.78, 5) is 26.5. The minimum Gasteiger partial charge on any atom is -0.310 e. The molecule has 0 fully saturated rings. The van der Waals surface area contributed by atoms with Crippen LogP contribution in [-0.2, 0) is 4.79 Å². The van der Waals surface area contributed by atoms with Crippen molar-refractivity contribution >= 4 is 23.1 Å². The topological polar surface area (TPSA) is 109 Å². The monoisotopic (exact) mass is 273 g/mol. The summed E-state index contributed by atoms with van der Waals surface area (Å²) in [7, 11) is 0. The Labute approximate surface area is 113 Å². The van der Waals surface area contributed by atoms with E-state index in [4.69, 9.17) is 0 Å². The second-order valence-electron chi connectivity index (χ2n) is 4.58. The maximum Gasteiger partial charge on any atom is 0.269 e. The number of rotatable bonds is 2. The van der Waals surface area contributed by atoms with Gasteiger partial charge in [0.1, 0.15) is 11.8 Å². The van der Waals surface area contributed by atoms with Gasteiger partial charge in [-0.2, -0.15) is 5.10 Å². The van der Waals surface area contributed by atoms with Crippen molar-refractivity contribution in [1.82, 2.24) is 10.7 Å². The summed E-state index contributed by atoms with van der Waals surface area (Å²) in [6.07, 6.45) is -0.408. The Hall–Kier alpha value is -2.77. The Morgan fingerprint density at radius 3 is 2.65 bits per heavy atom. The summed E-state index contributed by atoms with van der Waals surface area (Å²) in [5.41, 5.74) is 4.11. The number of non-ortho nitro benzene ring substituents is 1. The number of nitro groups is 1. The summed E-state index contributed by atoms with van der Waals surface area (Å²) in [6.45, 7) is 1.77. The SMILES string of the molecule is CC1=NNC2N=C(c3ccc([N+](=O)[O-])cc3)NC(=O)C12. The van der Waals surface area contributed by atoms with E-state index in [-0.39, 0.29) is 11.6 Å². The first kappa shape index (κ1) is 12.3. The van der Waals surface area contributed by atoms with Gasteiger partial charge in [-0.3, -0.25) is 20.3 Å². The highest BCUT2D eigenvalue weighted by molar-refractivity contribution is 6.16. The molecule has 8 heteroatoms. The van der Waals surface area contributed by atoms with Crippen LogP contribution in [-0.4, -0.2) is 28.5 Å². The molecule has 20 heavy (non-hydrogen) atoms. The average molecular weight is 273 g/mol. The Morgan fingerprint density at radius 2 is 2.00 bits per heavy atom. The highest BCUT2D eigenvalue weighted by Gasteiger charge is 2.39. The molecule has 1 amide bonds. The van der Waals surface area contributed by atoms with Crippen molar-refractivity contribution in [2.24, 2.45) is 16.0 Å². The Kier molecular flexibility index (Phi) is 2.70. The van der Waals surface area contributed by atoms with Gasteiger partial charge < -0.3 is 5.32 Å². The summed E-state index contributed by atoms with van der Waals surface area (Å²) < 4.78 is 0. The van der Waals surface area contributed by atoms with Gasteiger partial charge >= 0.3 is 0 Å². The first-order chi connectivity index (χ1) is 9.56. The predicted octanol–water partition coefficient (Wildman–Crippen LogP) is 0.393. The third-order valence-electron chi connectivity index (χ3n) is 3.28. The zero-order valence-electron chi connectivity index (χ0n) is 10.5. The van der Waals surface area contributed by atoms with Crippen LogP contribution in [0.3, 0.4) is 0 Å². The molecule has 2 atom stereocenters. The molecule has 0 bridgehead atoms. The molecule has 2 aliphatic heterocycles.